The highest BCUT2D eigenvalue weighted by Crippen LogP contribution is 2.45. The van der Waals surface area contributed by atoms with E-state index >= 15 is 0 Å². The summed E-state index contributed by atoms with van der Waals surface area (Å²) in [5, 5.41) is 0. The number of nitrogens with zero attached hydrogens (tertiary/aromatic N) is 4. The van der Waals surface area contributed by atoms with Crippen LogP contribution in [0.1, 0.15) is 86.6 Å². The van der Waals surface area contributed by atoms with E-state index in [4.69, 9.17) is 4.98 Å². The number of imidazole rings is 1. The number of aromatic nitrogens is 2. The van der Waals surface area contributed by atoms with Crippen molar-refractivity contribution in [1.29, 1.82) is 0 Å². The number of aryl methyl sites for hydroxylation is 1. The van der Waals surface area contributed by atoms with Crippen molar-refractivity contribution in [2.45, 2.75) is 100 Å². The largest absolute Gasteiger partial charge is 0.339 e. The monoisotopic (exact) mass is 671 g/mol. The summed E-state index contributed by atoms with van der Waals surface area (Å²) in [5.74, 6) is -0.0304. The number of likely N-dealkylation sites (tertiary alicyclic amines) is 1. The quantitative estimate of drug-likeness (QED) is 0.217. The van der Waals surface area contributed by atoms with Crippen LogP contribution in [0.5, 0.6) is 0 Å². The zero-order chi connectivity index (χ0) is 33.6. The molecule has 3 saturated heterocycles. The van der Waals surface area contributed by atoms with Crippen LogP contribution < -0.4 is 4.72 Å². The Kier molecular flexibility index (Phi) is 8.93. The number of para-hydroxylation sites is 2. The van der Waals surface area contributed by atoms with Crippen LogP contribution in [0.15, 0.2) is 77.7 Å². The molecule has 1 N–H and O–H groups in total. The van der Waals surface area contributed by atoms with Gasteiger partial charge < -0.3 is 9.47 Å². The molecule has 3 fully saturated rings. The normalized spacial score (nSPS) is 22.9. The van der Waals surface area contributed by atoms with Gasteiger partial charge in [0.25, 0.3) is 5.91 Å². The Morgan fingerprint density at radius 1 is 0.958 bits per heavy atom. The molecule has 3 atom stereocenters. The summed E-state index contributed by atoms with van der Waals surface area (Å²) < 4.78 is 45.1. The van der Waals surface area contributed by atoms with Crippen molar-refractivity contribution in [3.05, 3.63) is 95.6 Å². The first-order valence-corrected chi connectivity index (χ1v) is 18.9. The predicted octanol–water partition coefficient (Wildman–Crippen LogP) is 6.60. The van der Waals surface area contributed by atoms with E-state index in [1.807, 2.05) is 0 Å². The number of hydrogen-bond donors (Lipinski definition) is 1. The van der Waals surface area contributed by atoms with Gasteiger partial charge in [-0.2, -0.15) is 0 Å². The van der Waals surface area contributed by atoms with E-state index in [1.165, 1.54) is 36.1 Å². The van der Waals surface area contributed by atoms with Gasteiger partial charge in [-0.15, -0.1) is 0 Å². The maximum atomic E-state index is 14.6. The molecule has 2 bridgehead atoms. The first-order chi connectivity index (χ1) is 23.0. The Morgan fingerprint density at radius 3 is 2.31 bits per heavy atom. The molecule has 0 spiro atoms. The Balaban J connectivity index is 1.06. The number of rotatable bonds is 9. The average molecular weight is 672 g/mol. The molecule has 8 nitrogen and oxygen atoms in total. The summed E-state index contributed by atoms with van der Waals surface area (Å²) in [6, 6.07) is 24.0. The Bertz CT molecular complexity index is 1890. The summed E-state index contributed by atoms with van der Waals surface area (Å²) >= 11 is 0. The van der Waals surface area contributed by atoms with Gasteiger partial charge in [0.15, 0.2) is 0 Å². The molecule has 1 aromatic heterocycles. The standard InChI is InChI=1S/C38H46FN5O3S/c1-26(2)41-48(46,47)36-23-28(13-16-33(36)39)37(45)42-20-17-38(18-21-42,29-9-5-4-6-10-29)19-22-43-30-14-15-31(43)25-32(24-30)44-27(3)40-34-11-7-8-12-35(34)44/h4-13,16,23,26,30-32,41H,14-15,17-22,24-25H2,1-3H3/t30-,31+,32?. The van der Waals surface area contributed by atoms with E-state index in [-0.39, 0.29) is 16.9 Å². The van der Waals surface area contributed by atoms with E-state index < -0.39 is 26.8 Å². The number of fused-ring (bicyclic) bond motifs is 3. The fourth-order valence-corrected chi connectivity index (χ4v) is 10.2. The molecule has 48 heavy (non-hydrogen) atoms. The molecule has 3 aromatic carbocycles. The number of carbonyl (C=O) groups is 1. The third kappa shape index (κ3) is 6.18. The lowest BCUT2D eigenvalue weighted by molar-refractivity contribution is 0.0606. The number of carbonyl (C=O) groups excluding carboxylic acids is 1. The topological polar surface area (TPSA) is 87.5 Å². The molecule has 4 heterocycles. The molecule has 10 heteroatoms. The number of benzene rings is 3. The van der Waals surface area contributed by atoms with E-state index in [1.54, 1.807) is 18.7 Å². The average Bonchev–Trinajstić information content (AvgIpc) is 3.53. The molecule has 7 rings (SSSR count). The van der Waals surface area contributed by atoms with Crippen molar-refractivity contribution < 1.29 is 17.6 Å². The highest BCUT2D eigenvalue weighted by atomic mass is 32.2. The molecular weight excluding hydrogens is 626 g/mol. The lowest BCUT2D eigenvalue weighted by Gasteiger charge is -2.45. The van der Waals surface area contributed by atoms with Crippen LogP contribution in [0.4, 0.5) is 4.39 Å². The van der Waals surface area contributed by atoms with Gasteiger partial charge in [0.1, 0.15) is 16.5 Å². The SMILES string of the molecule is Cc1nc2ccccc2n1C1C[C@H]2CC[C@@H](C1)N2CCC1(c2ccccc2)CCN(C(=O)c2ccc(F)c(S(=O)(=O)NC(C)C)c2)CC1. The molecule has 1 unspecified atom stereocenters. The van der Waals surface area contributed by atoms with Crippen molar-refractivity contribution in [1.82, 2.24) is 24.1 Å². The van der Waals surface area contributed by atoms with Gasteiger partial charge in [-0.25, -0.2) is 22.5 Å². The van der Waals surface area contributed by atoms with Crippen LogP contribution in [-0.4, -0.2) is 71.4 Å². The van der Waals surface area contributed by atoms with Crippen LogP contribution in [-0.2, 0) is 15.4 Å². The van der Waals surface area contributed by atoms with Gasteiger partial charge in [-0.3, -0.25) is 9.69 Å². The number of hydrogen-bond acceptors (Lipinski definition) is 5. The molecule has 1 amide bonds. The fourth-order valence-electron chi connectivity index (χ4n) is 8.80. The van der Waals surface area contributed by atoms with Crippen molar-refractivity contribution in [3.63, 3.8) is 0 Å². The predicted molar refractivity (Wildman–Crippen MR) is 186 cm³/mol. The van der Waals surface area contributed by atoms with Crippen molar-refractivity contribution in [2.75, 3.05) is 19.6 Å². The highest BCUT2D eigenvalue weighted by Gasteiger charge is 2.44. The molecule has 3 aliphatic heterocycles. The van der Waals surface area contributed by atoms with Crippen LogP contribution in [0.25, 0.3) is 11.0 Å². The second-order valence-corrected chi connectivity index (χ2v) is 16.1. The Hall–Kier alpha value is -3.60. The summed E-state index contributed by atoms with van der Waals surface area (Å²) in [6.07, 6.45) is 7.39. The van der Waals surface area contributed by atoms with Crippen LogP contribution in [0.3, 0.4) is 0 Å². The van der Waals surface area contributed by atoms with Gasteiger partial charge in [0.05, 0.1) is 11.0 Å². The Labute approximate surface area is 283 Å². The summed E-state index contributed by atoms with van der Waals surface area (Å²) in [7, 11) is -4.09. The van der Waals surface area contributed by atoms with Crippen molar-refractivity contribution >= 4 is 27.0 Å². The maximum Gasteiger partial charge on any atom is 0.253 e. The van der Waals surface area contributed by atoms with E-state index in [9.17, 15) is 17.6 Å². The first kappa shape index (κ1) is 32.9. The minimum Gasteiger partial charge on any atom is -0.339 e. The number of sulfonamides is 1. The zero-order valence-electron chi connectivity index (χ0n) is 28.1. The number of piperidine rings is 2. The van der Waals surface area contributed by atoms with E-state index in [2.05, 4.69) is 75.7 Å². The van der Waals surface area contributed by atoms with E-state index in [0.717, 1.165) is 56.1 Å². The summed E-state index contributed by atoms with van der Waals surface area (Å²) in [6.45, 7) is 7.62. The number of nitrogens with one attached hydrogen (secondary N) is 1. The summed E-state index contributed by atoms with van der Waals surface area (Å²) in [4.78, 5) is 22.6. The minimum absolute atomic E-state index is 0.0655. The molecule has 254 valence electrons. The second kappa shape index (κ2) is 13.0. The molecule has 0 saturated carbocycles. The van der Waals surface area contributed by atoms with Gasteiger partial charge in [0.2, 0.25) is 10.0 Å². The molecule has 0 radical (unpaired) electrons. The molecule has 0 aliphatic carbocycles. The number of halogens is 1. The lowest BCUT2D eigenvalue weighted by Crippen LogP contribution is -2.49. The second-order valence-electron chi connectivity index (χ2n) is 14.4. The molecule has 4 aromatic rings. The van der Waals surface area contributed by atoms with Gasteiger partial charge >= 0.3 is 0 Å². The molecule has 3 aliphatic rings. The fraction of sp³-hybridized carbons (Fsp3) is 0.474. The van der Waals surface area contributed by atoms with Gasteiger partial charge in [-0.05, 0) is 114 Å². The minimum atomic E-state index is -4.09. The number of amides is 1. The third-order valence-electron chi connectivity index (χ3n) is 11.1. The third-order valence-corrected chi connectivity index (χ3v) is 12.8. The lowest BCUT2D eigenvalue weighted by atomic mass is 9.70. The van der Waals surface area contributed by atoms with Gasteiger partial charge in [-0.1, -0.05) is 42.5 Å². The Morgan fingerprint density at radius 2 is 1.62 bits per heavy atom. The van der Waals surface area contributed by atoms with Gasteiger partial charge in [0, 0.05) is 42.8 Å². The van der Waals surface area contributed by atoms with Crippen molar-refractivity contribution in [3.8, 4) is 0 Å². The zero-order valence-corrected chi connectivity index (χ0v) is 28.9. The smallest absolute Gasteiger partial charge is 0.253 e. The van der Waals surface area contributed by atoms with Crippen molar-refractivity contribution in [2.24, 2.45) is 0 Å². The van der Waals surface area contributed by atoms with Crippen LogP contribution >= 0.6 is 0 Å². The maximum absolute atomic E-state index is 14.6. The first-order valence-electron chi connectivity index (χ1n) is 17.4. The molecular formula is C38H46FN5O3S. The van der Waals surface area contributed by atoms with E-state index in [0.29, 0.717) is 31.2 Å². The summed E-state index contributed by atoms with van der Waals surface area (Å²) in [5.41, 5.74) is 3.75. The highest BCUT2D eigenvalue weighted by molar-refractivity contribution is 7.89. The van der Waals surface area contributed by atoms with Crippen LogP contribution in [0, 0.1) is 12.7 Å². The van der Waals surface area contributed by atoms with Crippen LogP contribution in [0.2, 0.25) is 0 Å².